The molecule has 112 valence electrons. The second-order valence-electron chi connectivity index (χ2n) is 5.78. The van der Waals surface area contributed by atoms with Gasteiger partial charge < -0.3 is 10.4 Å². The van der Waals surface area contributed by atoms with Gasteiger partial charge in [0.25, 0.3) is 0 Å². The maximum Gasteiger partial charge on any atom is 0.321 e. The fraction of sp³-hybridized carbons (Fsp3) is 0.667. The van der Waals surface area contributed by atoms with E-state index >= 15 is 0 Å². The first-order valence-electron chi connectivity index (χ1n) is 6.25. The Morgan fingerprint density at radius 1 is 1.40 bits per heavy atom. The van der Waals surface area contributed by atoms with E-state index in [-0.39, 0.29) is 12.0 Å². The molecule has 1 aromatic rings. The SMILES string of the molecule is Cc1nsc(NC(=O)NCC(CC(C)(C)C)C(=O)O)n1. The van der Waals surface area contributed by atoms with Crippen molar-refractivity contribution < 1.29 is 14.7 Å². The van der Waals surface area contributed by atoms with Gasteiger partial charge in [-0.15, -0.1) is 0 Å². The third-order valence-corrected chi connectivity index (χ3v) is 3.19. The van der Waals surface area contributed by atoms with Crippen molar-refractivity contribution in [2.45, 2.75) is 34.1 Å². The smallest absolute Gasteiger partial charge is 0.321 e. The molecule has 1 heterocycles. The summed E-state index contributed by atoms with van der Waals surface area (Å²) in [6.45, 7) is 7.70. The third-order valence-electron chi connectivity index (χ3n) is 2.47. The van der Waals surface area contributed by atoms with Crippen molar-refractivity contribution in [3.8, 4) is 0 Å². The minimum absolute atomic E-state index is 0.0796. The number of anilines is 1. The van der Waals surface area contributed by atoms with Crippen LogP contribution in [0.4, 0.5) is 9.93 Å². The monoisotopic (exact) mass is 300 g/mol. The summed E-state index contributed by atoms with van der Waals surface area (Å²) in [5.74, 6) is -0.940. The number of carboxylic acids is 1. The molecule has 1 rings (SSSR count). The summed E-state index contributed by atoms with van der Waals surface area (Å²) in [4.78, 5) is 26.8. The zero-order valence-electron chi connectivity index (χ0n) is 12.1. The first-order chi connectivity index (χ1) is 9.17. The quantitative estimate of drug-likeness (QED) is 0.772. The van der Waals surface area contributed by atoms with E-state index in [1.807, 2.05) is 20.8 Å². The van der Waals surface area contributed by atoms with Gasteiger partial charge in [-0.25, -0.2) is 9.78 Å². The molecule has 0 aromatic carbocycles. The highest BCUT2D eigenvalue weighted by Gasteiger charge is 2.25. The maximum absolute atomic E-state index is 11.6. The van der Waals surface area contributed by atoms with Crippen molar-refractivity contribution in [3.05, 3.63) is 5.82 Å². The molecule has 0 aliphatic carbocycles. The number of hydrogen-bond acceptors (Lipinski definition) is 5. The molecule has 0 saturated carbocycles. The summed E-state index contributed by atoms with van der Waals surface area (Å²) in [6, 6.07) is -0.471. The molecular formula is C12H20N4O3S. The number of aryl methyl sites for hydroxylation is 1. The summed E-state index contributed by atoms with van der Waals surface area (Å²) >= 11 is 1.08. The van der Waals surface area contributed by atoms with Crippen molar-refractivity contribution in [1.29, 1.82) is 0 Å². The van der Waals surface area contributed by atoms with Crippen LogP contribution < -0.4 is 10.6 Å². The van der Waals surface area contributed by atoms with Crippen LogP contribution in [0.2, 0.25) is 0 Å². The molecule has 1 atom stereocenters. The Bertz CT molecular complexity index is 481. The fourth-order valence-corrected chi connectivity index (χ4v) is 2.26. The molecule has 7 nitrogen and oxygen atoms in total. The molecule has 2 amide bonds. The van der Waals surface area contributed by atoms with Crippen molar-refractivity contribution >= 4 is 28.7 Å². The third kappa shape index (κ3) is 5.96. The van der Waals surface area contributed by atoms with Gasteiger partial charge in [-0.2, -0.15) is 4.37 Å². The number of hydrogen-bond donors (Lipinski definition) is 3. The lowest BCUT2D eigenvalue weighted by Crippen LogP contribution is -2.37. The van der Waals surface area contributed by atoms with Crippen LogP contribution in [0, 0.1) is 18.3 Å². The molecule has 1 aromatic heterocycles. The molecule has 0 bridgehead atoms. The van der Waals surface area contributed by atoms with Crippen LogP contribution in [0.3, 0.4) is 0 Å². The Kier molecular flexibility index (Phi) is 5.43. The van der Waals surface area contributed by atoms with Crippen molar-refractivity contribution in [2.24, 2.45) is 11.3 Å². The van der Waals surface area contributed by atoms with Crippen LogP contribution >= 0.6 is 11.5 Å². The first kappa shape index (κ1) is 16.4. The second-order valence-corrected chi connectivity index (χ2v) is 6.53. The Morgan fingerprint density at radius 3 is 2.50 bits per heavy atom. The number of urea groups is 1. The Labute approximate surface area is 122 Å². The number of nitrogens with zero attached hydrogens (tertiary/aromatic N) is 2. The fourth-order valence-electron chi connectivity index (χ4n) is 1.69. The van der Waals surface area contributed by atoms with E-state index in [4.69, 9.17) is 5.11 Å². The highest BCUT2D eigenvalue weighted by atomic mass is 32.1. The summed E-state index contributed by atoms with van der Waals surface area (Å²) in [5.41, 5.74) is -0.114. The van der Waals surface area contributed by atoms with E-state index < -0.39 is 17.9 Å². The molecule has 3 N–H and O–H groups in total. The molecule has 0 radical (unpaired) electrons. The Morgan fingerprint density at radius 2 is 2.05 bits per heavy atom. The highest BCUT2D eigenvalue weighted by molar-refractivity contribution is 7.09. The van der Waals surface area contributed by atoms with E-state index in [1.54, 1.807) is 6.92 Å². The number of rotatable bonds is 5. The van der Waals surface area contributed by atoms with Gasteiger partial charge in [-0.3, -0.25) is 10.1 Å². The number of carbonyl (C=O) groups is 2. The Balaban J connectivity index is 2.46. The molecule has 0 spiro atoms. The van der Waals surface area contributed by atoms with Crippen LogP contribution in [-0.4, -0.2) is 33.0 Å². The largest absolute Gasteiger partial charge is 0.481 e. The first-order valence-corrected chi connectivity index (χ1v) is 7.03. The molecule has 0 saturated heterocycles. The van der Waals surface area contributed by atoms with E-state index in [1.165, 1.54) is 0 Å². The van der Waals surface area contributed by atoms with Gasteiger partial charge in [-0.1, -0.05) is 20.8 Å². The molecule has 1 unspecified atom stereocenters. The lowest BCUT2D eigenvalue weighted by Gasteiger charge is -2.23. The zero-order chi connectivity index (χ0) is 15.3. The van der Waals surface area contributed by atoms with Crippen LogP contribution in [-0.2, 0) is 4.79 Å². The van der Waals surface area contributed by atoms with Gasteiger partial charge in [-0.05, 0) is 18.8 Å². The summed E-state index contributed by atoms with van der Waals surface area (Å²) in [5, 5.41) is 14.6. The molecule has 8 heteroatoms. The summed E-state index contributed by atoms with van der Waals surface area (Å²) in [6.07, 6.45) is 0.487. The number of amides is 2. The minimum Gasteiger partial charge on any atom is -0.481 e. The van der Waals surface area contributed by atoms with E-state index in [0.717, 1.165) is 11.5 Å². The van der Waals surface area contributed by atoms with Crippen LogP contribution in [0.5, 0.6) is 0 Å². The van der Waals surface area contributed by atoms with Crippen molar-refractivity contribution in [2.75, 3.05) is 11.9 Å². The lowest BCUT2D eigenvalue weighted by molar-refractivity contribution is -0.142. The number of carboxylic acid groups (broad SMARTS) is 1. The van der Waals surface area contributed by atoms with Gasteiger partial charge in [0.15, 0.2) is 0 Å². The summed E-state index contributed by atoms with van der Waals surface area (Å²) < 4.78 is 3.94. The zero-order valence-corrected chi connectivity index (χ0v) is 12.9. The predicted molar refractivity (Wildman–Crippen MR) is 76.9 cm³/mol. The second kappa shape index (κ2) is 6.65. The van der Waals surface area contributed by atoms with E-state index in [9.17, 15) is 9.59 Å². The van der Waals surface area contributed by atoms with E-state index in [2.05, 4.69) is 20.0 Å². The van der Waals surface area contributed by atoms with Gasteiger partial charge in [0.2, 0.25) is 5.13 Å². The van der Waals surface area contributed by atoms with Crippen LogP contribution in [0.1, 0.15) is 33.0 Å². The Hall–Kier alpha value is -1.70. The normalized spacial score (nSPS) is 12.8. The number of nitrogens with one attached hydrogen (secondary N) is 2. The van der Waals surface area contributed by atoms with Crippen molar-refractivity contribution in [1.82, 2.24) is 14.7 Å². The van der Waals surface area contributed by atoms with Crippen LogP contribution in [0.15, 0.2) is 0 Å². The molecule has 0 fully saturated rings. The maximum atomic E-state index is 11.6. The van der Waals surface area contributed by atoms with Crippen molar-refractivity contribution in [3.63, 3.8) is 0 Å². The molecule has 0 aliphatic heterocycles. The lowest BCUT2D eigenvalue weighted by atomic mass is 9.84. The minimum atomic E-state index is -0.910. The number of aliphatic carboxylic acids is 1. The van der Waals surface area contributed by atoms with E-state index in [0.29, 0.717) is 17.4 Å². The number of aromatic nitrogens is 2. The van der Waals surface area contributed by atoms with Gasteiger partial charge in [0.1, 0.15) is 5.82 Å². The molecule has 20 heavy (non-hydrogen) atoms. The van der Waals surface area contributed by atoms with Gasteiger partial charge in [0, 0.05) is 18.1 Å². The summed E-state index contributed by atoms with van der Waals surface area (Å²) in [7, 11) is 0. The van der Waals surface area contributed by atoms with Gasteiger partial charge >= 0.3 is 12.0 Å². The van der Waals surface area contributed by atoms with Crippen LogP contribution in [0.25, 0.3) is 0 Å². The van der Waals surface area contributed by atoms with Gasteiger partial charge in [0.05, 0.1) is 5.92 Å². The highest BCUT2D eigenvalue weighted by Crippen LogP contribution is 2.24. The average Bonchev–Trinajstić information content (AvgIpc) is 2.68. The number of carbonyl (C=O) groups excluding carboxylic acids is 1. The average molecular weight is 300 g/mol. The predicted octanol–water partition coefficient (Wildman–Crippen LogP) is 2.11. The topological polar surface area (TPSA) is 104 Å². The molecule has 0 aliphatic rings. The molecular weight excluding hydrogens is 280 g/mol. The standard InChI is InChI=1S/C12H20N4O3S/c1-7-14-11(20-16-7)15-10(19)13-6-8(9(17)18)5-12(2,3)4/h8H,5-6H2,1-4H3,(H,17,18)(H2,13,14,15,16,19).